The largest absolute Gasteiger partial charge is 0.472 e. The monoisotopic (exact) mass is 646 g/mol. The quantitative estimate of drug-likeness (QED) is 0.0365. The van der Waals surface area contributed by atoms with Crippen LogP contribution in [0.1, 0.15) is 188 Å². The molecule has 0 aliphatic rings. The lowest BCUT2D eigenvalue weighted by Gasteiger charge is -2.23. The molecule has 1 amide bonds. The summed E-state index contributed by atoms with van der Waals surface area (Å²) in [6.07, 6.45) is 34.1. The standard InChI is InChI=1S/C36H72NO6P/c1-4-7-9-11-13-15-17-19-21-23-25-27-29-31-35(38)34(33-43-44(40,41)42-6-3)37-36(39)32-30-28-26-24-22-20-18-16-14-12-10-8-5-2/h29,31,34-35,38H,4-28,30,32-33H2,1-3H3,(H,37,39)(H,40,41)/b31-29+/t34-,35+/m0/s1. The van der Waals surface area contributed by atoms with E-state index < -0.39 is 20.0 Å². The minimum absolute atomic E-state index is 0.0330. The first-order chi connectivity index (χ1) is 21.4. The van der Waals surface area contributed by atoms with Crippen LogP contribution < -0.4 is 5.32 Å². The van der Waals surface area contributed by atoms with Gasteiger partial charge in [0.15, 0.2) is 0 Å². The number of carbonyl (C=O) groups is 1. The topological polar surface area (TPSA) is 105 Å². The molecule has 8 heteroatoms. The van der Waals surface area contributed by atoms with Crippen LogP contribution in [0.5, 0.6) is 0 Å². The summed E-state index contributed by atoms with van der Waals surface area (Å²) in [5, 5.41) is 13.6. The number of phosphoric ester groups is 1. The number of amides is 1. The van der Waals surface area contributed by atoms with E-state index in [1.54, 1.807) is 13.0 Å². The van der Waals surface area contributed by atoms with E-state index in [9.17, 15) is 19.4 Å². The van der Waals surface area contributed by atoms with Gasteiger partial charge >= 0.3 is 7.82 Å². The zero-order chi connectivity index (χ0) is 32.6. The van der Waals surface area contributed by atoms with Crippen molar-refractivity contribution in [2.45, 2.75) is 200 Å². The van der Waals surface area contributed by atoms with Crippen molar-refractivity contribution >= 4 is 13.7 Å². The second-order valence-corrected chi connectivity index (χ2v) is 14.0. The van der Waals surface area contributed by atoms with Crippen LogP contribution in [0.4, 0.5) is 0 Å². The number of aliphatic hydroxyl groups is 1. The predicted molar refractivity (Wildman–Crippen MR) is 186 cm³/mol. The van der Waals surface area contributed by atoms with E-state index in [-0.39, 0.29) is 19.1 Å². The molecule has 262 valence electrons. The Kier molecular flexibility index (Phi) is 31.7. The smallest absolute Gasteiger partial charge is 0.387 e. The molecule has 0 saturated carbocycles. The van der Waals surface area contributed by atoms with E-state index in [1.165, 1.54) is 128 Å². The zero-order valence-corrected chi connectivity index (χ0v) is 30.0. The van der Waals surface area contributed by atoms with E-state index in [4.69, 9.17) is 9.05 Å². The maximum absolute atomic E-state index is 12.6. The van der Waals surface area contributed by atoms with Crippen molar-refractivity contribution in [3.63, 3.8) is 0 Å². The van der Waals surface area contributed by atoms with E-state index in [0.717, 1.165) is 32.1 Å². The number of hydrogen-bond acceptors (Lipinski definition) is 5. The molecule has 0 radical (unpaired) electrons. The Bertz CT molecular complexity index is 704. The molecule has 3 atom stereocenters. The SMILES string of the molecule is CCCCCCCCCCCCC/C=C/[C@@H](O)[C@H](COP(=O)(O)OCC)NC(=O)CCCCCCCCCCCCCCC. The molecule has 0 saturated heterocycles. The third-order valence-corrected chi connectivity index (χ3v) is 9.34. The average Bonchev–Trinajstić information content (AvgIpc) is 2.99. The van der Waals surface area contributed by atoms with Crippen molar-refractivity contribution in [2.24, 2.45) is 0 Å². The molecule has 7 nitrogen and oxygen atoms in total. The molecule has 3 N–H and O–H groups in total. The molecule has 0 heterocycles. The summed E-state index contributed by atoms with van der Waals surface area (Å²) in [6.45, 7) is 5.84. The van der Waals surface area contributed by atoms with E-state index >= 15 is 0 Å². The Balaban J connectivity index is 4.24. The highest BCUT2D eigenvalue weighted by Crippen LogP contribution is 2.43. The molecule has 0 rings (SSSR count). The van der Waals surface area contributed by atoms with Gasteiger partial charge in [-0.1, -0.05) is 167 Å². The van der Waals surface area contributed by atoms with E-state index in [2.05, 4.69) is 19.2 Å². The van der Waals surface area contributed by atoms with Crippen LogP contribution in [0.25, 0.3) is 0 Å². The van der Waals surface area contributed by atoms with Crippen molar-refractivity contribution in [1.29, 1.82) is 0 Å². The third-order valence-electron chi connectivity index (χ3n) is 8.28. The summed E-state index contributed by atoms with van der Waals surface area (Å²) < 4.78 is 21.9. The molecule has 0 aliphatic carbocycles. The fourth-order valence-electron chi connectivity index (χ4n) is 5.48. The van der Waals surface area contributed by atoms with Gasteiger partial charge in [0.2, 0.25) is 5.91 Å². The summed E-state index contributed by atoms with van der Waals surface area (Å²) in [5.74, 6) is -0.177. The van der Waals surface area contributed by atoms with Gasteiger partial charge in [-0.05, 0) is 26.2 Å². The molecule has 1 unspecified atom stereocenters. The lowest BCUT2D eigenvalue weighted by Crippen LogP contribution is -2.45. The molecule has 44 heavy (non-hydrogen) atoms. The summed E-state index contributed by atoms with van der Waals surface area (Å²) in [5.41, 5.74) is 0. The van der Waals surface area contributed by atoms with Crippen molar-refractivity contribution < 1.29 is 28.4 Å². The van der Waals surface area contributed by atoms with Crippen molar-refractivity contribution in [1.82, 2.24) is 5.32 Å². The summed E-state index contributed by atoms with van der Waals surface area (Å²) in [7, 11) is -4.23. The number of aliphatic hydroxyl groups excluding tert-OH is 1. The highest BCUT2D eigenvalue weighted by atomic mass is 31.2. The Morgan fingerprint density at radius 2 is 1.07 bits per heavy atom. The number of carbonyl (C=O) groups excluding carboxylic acids is 1. The molecule has 0 aromatic heterocycles. The molecular weight excluding hydrogens is 573 g/mol. The normalized spacial score (nSPS) is 14.6. The van der Waals surface area contributed by atoms with Crippen molar-refractivity contribution in [2.75, 3.05) is 13.2 Å². The first kappa shape index (κ1) is 43.3. The van der Waals surface area contributed by atoms with Gasteiger partial charge in [-0.15, -0.1) is 0 Å². The second-order valence-electron chi connectivity index (χ2n) is 12.6. The summed E-state index contributed by atoms with van der Waals surface area (Å²) >= 11 is 0. The van der Waals surface area contributed by atoms with Gasteiger partial charge in [-0.2, -0.15) is 0 Å². The van der Waals surface area contributed by atoms with Crippen LogP contribution in [0, 0.1) is 0 Å². The van der Waals surface area contributed by atoms with Gasteiger partial charge in [0.05, 0.1) is 25.4 Å². The summed E-state index contributed by atoms with van der Waals surface area (Å²) in [6, 6.07) is -0.820. The number of allylic oxidation sites excluding steroid dienone is 1. The number of hydrogen-bond donors (Lipinski definition) is 3. The van der Waals surface area contributed by atoms with Crippen molar-refractivity contribution in [3.05, 3.63) is 12.2 Å². The molecule has 0 aliphatic heterocycles. The number of phosphoric acid groups is 1. The van der Waals surface area contributed by atoms with Crippen LogP contribution in [0.2, 0.25) is 0 Å². The number of nitrogens with one attached hydrogen (secondary N) is 1. The molecule has 0 bridgehead atoms. The Morgan fingerprint density at radius 3 is 1.50 bits per heavy atom. The first-order valence-corrected chi connectivity index (χ1v) is 20.1. The second kappa shape index (κ2) is 32.2. The van der Waals surface area contributed by atoms with E-state index in [0.29, 0.717) is 6.42 Å². The van der Waals surface area contributed by atoms with Crippen LogP contribution >= 0.6 is 7.82 Å². The fraction of sp³-hybridized carbons (Fsp3) is 0.917. The number of unbranched alkanes of at least 4 members (excludes halogenated alkanes) is 23. The Morgan fingerprint density at radius 1 is 0.659 bits per heavy atom. The number of rotatable bonds is 34. The molecule has 0 aromatic carbocycles. The predicted octanol–water partition coefficient (Wildman–Crippen LogP) is 10.7. The lowest BCUT2D eigenvalue weighted by molar-refractivity contribution is -0.123. The molecule has 0 fully saturated rings. The van der Waals surface area contributed by atoms with Gasteiger partial charge in [0.1, 0.15) is 0 Å². The maximum Gasteiger partial charge on any atom is 0.472 e. The van der Waals surface area contributed by atoms with Crippen LogP contribution in [0.15, 0.2) is 12.2 Å². The third kappa shape index (κ3) is 30.0. The van der Waals surface area contributed by atoms with Gasteiger partial charge in [-0.25, -0.2) is 4.57 Å². The molecule has 0 spiro atoms. The van der Waals surface area contributed by atoms with Gasteiger partial charge in [0, 0.05) is 6.42 Å². The Hall–Kier alpha value is -0.720. The minimum atomic E-state index is -4.23. The Labute approximate surface area is 272 Å². The highest BCUT2D eigenvalue weighted by Gasteiger charge is 2.26. The van der Waals surface area contributed by atoms with Crippen molar-refractivity contribution in [3.8, 4) is 0 Å². The first-order valence-electron chi connectivity index (χ1n) is 18.6. The van der Waals surface area contributed by atoms with Crippen LogP contribution in [-0.2, 0) is 18.4 Å². The van der Waals surface area contributed by atoms with Crippen LogP contribution in [-0.4, -0.2) is 41.3 Å². The van der Waals surface area contributed by atoms with Gasteiger partial charge < -0.3 is 15.3 Å². The fourth-order valence-corrected chi connectivity index (χ4v) is 6.23. The average molecular weight is 646 g/mol. The lowest BCUT2D eigenvalue weighted by atomic mass is 10.0. The van der Waals surface area contributed by atoms with Gasteiger partial charge in [0.25, 0.3) is 0 Å². The van der Waals surface area contributed by atoms with E-state index in [1.807, 2.05) is 6.08 Å². The highest BCUT2D eigenvalue weighted by molar-refractivity contribution is 7.47. The minimum Gasteiger partial charge on any atom is -0.387 e. The zero-order valence-electron chi connectivity index (χ0n) is 29.1. The summed E-state index contributed by atoms with van der Waals surface area (Å²) in [4.78, 5) is 22.4. The van der Waals surface area contributed by atoms with Crippen LogP contribution in [0.3, 0.4) is 0 Å². The molecular formula is C36H72NO6P. The molecule has 0 aromatic rings. The van der Waals surface area contributed by atoms with Gasteiger partial charge in [-0.3, -0.25) is 13.8 Å². The maximum atomic E-state index is 12.6.